The van der Waals surface area contributed by atoms with Gasteiger partial charge in [0.25, 0.3) is 0 Å². The van der Waals surface area contributed by atoms with Crippen LogP contribution in [0, 0.1) is 6.92 Å². The van der Waals surface area contributed by atoms with Gasteiger partial charge in [-0.25, -0.2) is 0 Å². The number of hydrogen-bond acceptors (Lipinski definition) is 4. The highest BCUT2D eigenvalue weighted by Crippen LogP contribution is 2.09. The summed E-state index contributed by atoms with van der Waals surface area (Å²) in [6.07, 6.45) is 2.68. The SMILES string of the molecule is CSCC[C@H](N)C(=O)Nc1cc(C)nn1C. The van der Waals surface area contributed by atoms with Gasteiger partial charge in [-0.05, 0) is 25.4 Å². The molecule has 1 heterocycles. The molecule has 0 fully saturated rings. The molecule has 3 N–H and O–H groups in total. The Hall–Kier alpha value is -1.01. The molecule has 0 saturated heterocycles. The molecule has 0 radical (unpaired) electrons. The molecule has 0 saturated carbocycles. The van der Waals surface area contributed by atoms with Crippen LogP contribution in [0.3, 0.4) is 0 Å². The Balaban J connectivity index is 2.53. The molecule has 0 aliphatic carbocycles. The number of aryl methyl sites for hydroxylation is 2. The molecule has 1 aromatic heterocycles. The quantitative estimate of drug-likeness (QED) is 0.799. The molecule has 90 valence electrons. The first-order valence-corrected chi connectivity index (χ1v) is 6.50. The van der Waals surface area contributed by atoms with Gasteiger partial charge in [0.05, 0.1) is 11.7 Å². The highest BCUT2D eigenvalue weighted by Gasteiger charge is 2.14. The number of nitrogens with zero attached hydrogens (tertiary/aromatic N) is 2. The van der Waals surface area contributed by atoms with Gasteiger partial charge in [0.15, 0.2) is 0 Å². The van der Waals surface area contributed by atoms with Crippen molar-refractivity contribution in [3.05, 3.63) is 11.8 Å². The predicted molar refractivity (Wildman–Crippen MR) is 67.5 cm³/mol. The number of nitrogens with one attached hydrogen (secondary N) is 1. The van der Waals surface area contributed by atoms with Crippen molar-refractivity contribution in [1.29, 1.82) is 0 Å². The summed E-state index contributed by atoms with van der Waals surface area (Å²) in [5.74, 6) is 1.41. The van der Waals surface area contributed by atoms with Crippen LogP contribution in [0.5, 0.6) is 0 Å². The molecule has 5 nitrogen and oxygen atoms in total. The van der Waals surface area contributed by atoms with E-state index in [2.05, 4.69) is 10.4 Å². The number of aromatic nitrogens is 2. The first-order valence-electron chi connectivity index (χ1n) is 5.10. The van der Waals surface area contributed by atoms with E-state index >= 15 is 0 Å². The van der Waals surface area contributed by atoms with Gasteiger partial charge < -0.3 is 11.1 Å². The maximum Gasteiger partial charge on any atom is 0.242 e. The average Bonchev–Trinajstić information content (AvgIpc) is 2.53. The second-order valence-corrected chi connectivity index (χ2v) is 4.66. The van der Waals surface area contributed by atoms with Crippen molar-refractivity contribution in [3.8, 4) is 0 Å². The van der Waals surface area contributed by atoms with E-state index in [1.54, 1.807) is 23.5 Å². The molecule has 1 rings (SSSR count). The summed E-state index contributed by atoms with van der Waals surface area (Å²) >= 11 is 1.68. The van der Waals surface area contributed by atoms with E-state index in [0.717, 1.165) is 11.4 Å². The standard InChI is InChI=1S/C10H18N4OS/c1-7-6-9(14(2)13-7)12-10(15)8(11)4-5-16-3/h6,8H,4-5,11H2,1-3H3,(H,12,15)/t8-/m0/s1. The van der Waals surface area contributed by atoms with E-state index in [0.29, 0.717) is 12.2 Å². The summed E-state index contributed by atoms with van der Waals surface area (Å²) in [6.45, 7) is 1.88. The van der Waals surface area contributed by atoms with Gasteiger partial charge in [0.2, 0.25) is 5.91 Å². The fourth-order valence-corrected chi connectivity index (χ4v) is 1.81. The first-order chi connectivity index (χ1) is 7.54. The van der Waals surface area contributed by atoms with Crippen molar-refractivity contribution in [3.63, 3.8) is 0 Å². The van der Waals surface area contributed by atoms with Crippen molar-refractivity contribution in [2.24, 2.45) is 12.8 Å². The third-order valence-corrected chi connectivity index (χ3v) is 2.87. The minimum absolute atomic E-state index is 0.156. The summed E-state index contributed by atoms with van der Waals surface area (Å²) in [5.41, 5.74) is 6.62. The lowest BCUT2D eigenvalue weighted by Crippen LogP contribution is -2.36. The highest BCUT2D eigenvalue weighted by atomic mass is 32.2. The molecule has 1 aromatic rings. The Morgan fingerprint density at radius 1 is 1.75 bits per heavy atom. The van der Waals surface area contributed by atoms with Crippen LogP contribution in [0.15, 0.2) is 6.07 Å². The van der Waals surface area contributed by atoms with Gasteiger partial charge in [-0.1, -0.05) is 0 Å². The Bertz CT molecular complexity index is 364. The number of rotatable bonds is 5. The van der Waals surface area contributed by atoms with Crippen molar-refractivity contribution in [2.75, 3.05) is 17.3 Å². The zero-order chi connectivity index (χ0) is 12.1. The van der Waals surface area contributed by atoms with Crippen molar-refractivity contribution >= 4 is 23.5 Å². The summed E-state index contributed by atoms with van der Waals surface area (Å²) in [5, 5.41) is 6.91. The molecule has 16 heavy (non-hydrogen) atoms. The third-order valence-electron chi connectivity index (χ3n) is 2.22. The van der Waals surface area contributed by atoms with Gasteiger partial charge in [0.1, 0.15) is 5.82 Å². The Morgan fingerprint density at radius 3 is 2.94 bits per heavy atom. The van der Waals surface area contributed by atoms with E-state index in [4.69, 9.17) is 5.73 Å². The van der Waals surface area contributed by atoms with E-state index in [1.807, 2.05) is 19.2 Å². The lowest BCUT2D eigenvalue weighted by Gasteiger charge is -2.11. The summed E-state index contributed by atoms with van der Waals surface area (Å²) < 4.78 is 1.63. The summed E-state index contributed by atoms with van der Waals surface area (Å²) in [6, 6.07) is 1.36. The fraction of sp³-hybridized carbons (Fsp3) is 0.600. The van der Waals surface area contributed by atoms with Gasteiger partial charge in [-0.3, -0.25) is 9.48 Å². The second-order valence-electron chi connectivity index (χ2n) is 3.67. The van der Waals surface area contributed by atoms with Crippen LogP contribution in [0.1, 0.15) is 12.1 Å². The molecule has 0 aromatic carbocycles. The third kappa shape index (κ3) is 3.53. The minimum atomic E-state index is -0.456. The van der Waals surface area contributed by atoms with Gasteiger partial charge in [0, 0.05) is 13.1 Å². The number of carbonyl (C=O) groups is 1. The zero-order valence-electron chi connectivity index (χ0n) is 9.86. The van der Waals surface area contributed by atoms with Crippen LogP contribution in [0.2, 0.25) is 0 Å². The lowest BCUT2D eigenvalue weighted by molar-refractivity contribution is -0.117. The molecule has 0 bridgehead atoms. The van der Waals surface area contributed by atoms with Crippen LogP contribution in [0.4, 0.5) is 5.82 Å². The molecular formula is C10H18N4OS. The Morgan fingerprint density at radius 2 is 2.44 bits per heavy atom. The number of nitrogens with two attached hydrogens (primary N) is 1. The van der Waals surface area contributed by atoms with Crippen LogP contribution in [0.25, 0.3) is 0 Å². The number of thioether (sulfide) groups is 1. The van der Waals surface area contributed by atoms with Crippen molar-refractivity contribution in [1.82, 2.24) is 9.78 Å². The van der Waals surface area contributed by atoms with E-state index in [-0.39, 0.29) is 5.91 Å². The van der Waals surface area contributed by atoms with E-state index in [9.17, 15) is 4.79 Å². The maximum absolute atomic E-state index is 11.7. The van der Waals surface area contributed by atoms with Crippen LogP contribution >= 0.6 is 11.8 Å². The number of carbonyl (C=O) groups excluding carboxylic acids is 1. The lowest BCUT2D eigenvalue weighted by atomic mass is 10.2. The van der Waals surface area contributed by atoms with Crippen LogP contribution in [-0.4, -0.2) is 33.7 Å². The Kier molecular flexibility index (Phi) is 4.82. The van der Waals surface area contributed by atoms with Gasteiger partial charge in [-0.15, -0.1) is 0 Å². The molecule has 0 unspecified atom stereocenters. The Labute approximate surface area is 99.8 Å². The minimum Gasteiger partial charge on any atom is -0.320 e. The average molecular weight is 242 g/mol. The van der Waals surface area contributed by atoms with Crippen molar-refractivity contribution < 1.29 is 4.79 Å². The molecule has 1 amide bonds. The number of hydrogen-bond donors (Lipinski definition) is 2. The smallest absolute Gasteiger partial charge is 0.242 e. The number of amides is 1. The molecule has 1 atom stereocenters. The second kappa shape index (κ2) is 5.91. The predicted octanol–water partition coefficient (Wildman–Crippen LogP) is 0.747. The zero-order valence-corrected chi connectivity index (χ0v) is 10.7. The van der Waals surface area contributed by atoms with Gasteiger partial charge in [-0.2, -0.15) is 16.9 Å². The van der Waals surface area contributed by atoms with E-state index in [1.165, 1.54) is 0 Å². The topological polar surface area (TPSA) is 72.9 Å². The van der Waals surface area contributed by atoms with Gasteiger partial charge >= 0.3 is 0 Å². The maximum atomic E-state index is 11.7. The molecule has 0 aliphatic heterocycles. The molecular weight excluding hydrogens is 224 g/mol. The first kappa shape index (κ1) is 13.1. The normalized spacial score (nSPS) is 12.5. The highest BCUT2D eigenvalue weighted by molar-refractivity contribution is 7.98. The van der Waals surface area contributed by atoms with Crippen LogP contribution < -0.4 is 11.1 Å². The molecule has 0 aliphatic rings. The van der Waals surface area contributed by atoms with E-state index < -0.39 is 6.04 Å². The van der Waals surface area contributed by atoms with Crippen molar-refractivity contribution in [2.45, 2.75) is 19.4 Å². The monoisotopic (exact) mass is 242 g/mol. The van der Waals surface area contributed by atoms with Crippen LogP contribution in [-0.2, 0) is 11.8 Å². The number of anilines is 1. The largest absolute Gasteiger partial charge is 0.320 e. The summed E-state index contributed by atoms with van der Waals surface area (Å²) in [4.78, 5) is 11.7. The molecule has 0 spiro atoms. The fourth-order valence-electron chi connectivity index (χ4n) is 1.32. The summed E-state index contributed by atoms with van der Waals surface area (Å²) in [7, 11) is 1.79. The molecule has 6 heteroatoms.